The van der Waals surface area contributed by atoms with E-state index < -0.39 is 36.5 Å². The summed E-state index contributed by atoms with van der Waals surface area (Å²) >= 11 is 0. The van der Waals surface area contributed by atoms with Crippen molar-refractivity contribution in [1.82, 2.24) is 20.1 Å². The number of carboxylic acids is 2. The molecule has 74 heavy (non-hydrogen) atoms. The quantitative estimate of drug-likeness (QED) is 0.0323. The lowest BCUT2D eigenvalue weighted by Gasteiger charge is -2.31. The van der Waals surface area contributed by atoms with Crippen LogP contribution in [0.5, 0.6) is 5.75 Å². The molecule has 5 aromatic rings. The minimum absolute atomic E-state index is 0.0560. The molecule has 8 N–H and O–H groups in total. The van der Waals surface area contributed by atoms with Crippen molar-refractivity contribution in [3.8, 4) is 16.9 Å². The van der Waals surface area contributed by atoms with E-state index in [9.17, 15) is 55.7 Å². The molecule has 17 nitrogen and oxygen atoms in total. The van der Waals surface area contributed by atoms with Crippen LogP contribution in [0, 0.1) is 13.8 Å². The third kappa shape index (κ3) is 18.8. The number of aromatic hydroxyl groups is 1. The average molecular weight is 1050 g/mol. The Morgan fingerprint density at radius 1 is 0.797 bits per heavy atom. The highest BCUT2D eigenvalue weighted by atomic mass is 19.4. The zero-order chi connectivity index (χ0) is 54.8. The van der Waals surface area contributed by atoms with Gasteiger partial charge in [-0.15, -0.1) is 0 Å². The number of pyridine rings is 1. The van der Waals surface area contributed by atoms with Gasteiger partial charge in [-0.1, -0.05) is 60.7 Å². The number of aliphatic hydroxyl groups is 1. The number of fused-ring (bicyclic) bond motifs is 1. The molecule has 1 aliphatic rings. The Bertz CT molecular complexity index is 2740. The standard InChI is InChI=1S/C47H56N6O7.2C2HF3O2/c1-31-28-40(32(2)27-34(31)29-48-30-42(55)37-16-18-41(54)46-38(37)17-19-44(57)51-46)49-43(56)15-9-10-23-52(3)45(58)22-26-53-24-20-35(21-25-53)60-47(59)50-39-14-8-7-13-36(39)33-11-5-4-6-12-33;2*3-2(4,5)1(6)7/h4-8,11-14,16-19,27-28,35,42,48,54-55H,9-10,15,20-26,29-30H2,1-3H3,(H,49,56)(H,50,59)(H,51,57);2*(H,6,7)/t42-;;/m0../s1. The number of nitrogens with one attached hydrogen (secondary N) is 4. The molecule has 1 saturated heterocycles. The van der Waals surface area contributed by atoms with Gasteiger partial charge >= 0.3 is 30.4 Å². The molecule has 0 spiro atoms. The van der Waals surface area contributed by atoms with E-state index in [4.69, 9.17) is 24.5 Å². The molecule has 1 fully saturated rings. The van der Waals surface area contributed by atoms with Crippen LogP contribution in [0.25, 0.3) is 22.0 Å². The molecule has 0 radical (unpaired) electrons. The summed E-state index contributed by atoms with van der Waals surface area (Å²) < 4.78 is 69.2. The molecule has 6 rings (SSSR count). The van der Waals surface area contributed by atoms with Gasteiger partial charge in [0.2, 0.25) is 17.4 Å². The van der Waals surface area contributed by atoms with E-state index in [1.807, 2.05) is 80.6 Å². The summed E-state index contributed by atoms with van der Waals surface area (Å²) in [5.74, 6) is -5.58. The number of nitrogens with zero attached hydrogens (tertiary/aromatic N) is 2. The number of rotatable bonds is 17. The van der Waals surface area contributed by atoms with E-state index in [-0.39, 0.29) is 35.8 Å². The maximum absolute atomic E-state index is 12.9. The second-order valence-electron chi connectivity index (χ2n) is 17.2. The largest absolute Gasteiger partial charge is 0.506 e. The topological polar surface area (TPSA) is 251 Å². The van der Waals surface area contributed by atoms with Gasteiger partial charge in [0.15, 0.2) is 0 Å². The van der Waals surface area contributed by atoms with Crippen LogP contribution in [-0.2, 0) is 30.5 Å². The number of carbonyl (C=O) groups is 5. The lowest BCUT2D eigenvalue weighted by molar-refractivity contribution is -0.193. The van der Waals surface area contributed by atoms with Crippen LogP contribution in [-0.4, -0.2) is 123 Å². The molecule has 3 amide bonds. The molecule has 0 unspecified atom stereocenters. The Labute approximate surface area is 421 Å². The second-order valence-corrected chi connectivity index (χ2v) is 17.2. The number of aliphatic hydroxyl groups excluding tert-OH is 1. The summed E-state index contributed by atoms with van der Waals surface area (Å²) in [5, 5.41) is 45.1. The minimum atomic E-state index is -5.08. The number of alkyl halides is 6. The lowest BCUT2D eigenvalue weighted by Crippen LogP contribution is -2.40. The number of hydrogen-bond donors (Lipinski definition) is 8. The maximum atomic E-state index is 12.9. The van der Waals surface area contributed by atoms with Gasteiger partial charge in [0.25, 0.3) is 0 Å². The number of aryl methyl sites for hydroxylation is 2. The van der Waals surface area contributed by atoms with Crippen LogP contribution >= 0.6 is 0 Å². The Morgan fingerprint density at radius 2 is 1.42 bits per heavy atom. The zero-order valence-electron chi connectivity index (χ0n) is 40.6. The second kappa shape index (κ2) is 27.5. The van der Waals surface area contributed by atoms with Gasteiger partial charge in [-0.2, -0.15) is 26.3 Å². The number of piperidine rings is 1. The monoisotopic (exact) mass is 1040 g/mol. The normalized spacial score (nSPS) is 13.3. The number of aromatic nitrogens is 1. The number of aliphatic carboxylic acids is 2. The number of benzene rings is 4. The van der Waals surface area contributed by atoms with Gasteiger partial charge in [-0.05, 0) is 91.6 Å². The molecular formula is C51H58F6N6O11. The summed E-state index contributed by atoms with van der Waals surface area (Å²) in [6.07, 6.45) is -8.16. The van der Waals surface area contributed by atoms with Crippen molar-refractivity contribution in [3.05, 3.63) is 124 Å². The summed E-state index contributed by atoms with van der Waals surface area (Å²) in [6, 6.07) is 27.6. The van der Waals surface area contributed by atoms with Gasteiger partial charge in [0.05, 0.1) is 17.3 Å². The Balaban J connectivity index is 0.000000743. The van der Waals surface area contributed by atoms with Crippen molar-refractivity contribution >= 4 is 52.1 Å². The van der Waals surface area contributed by atoms with Crippen molar-refractivity contribution in [3.63, 3.8) is 0 Å². The minimum Gasteiger partial charge on any atom is -0.506 e. The summed E-state index contributed by atoms with van der Waals surface area (Å²) in [7, 11) is 1.80. The molecule has 1 aliphatic heterocycles. The predicted molar refractivity (Wildman–Crippen MR) is 262 cm³/mol. The predicted octanol–water partition coefficient (Wildman–Crippen LogP) is 8.28. The number of para-hydroxylation sites is 1. The summed E-state index contributed by atoms with van der Waals surface area (Å²) in [5.41, 5.74) is 6.90. The number of unbranched alkanes of at least 4 members (excludes halogenated alkanes) is 1. The molecule has 0 aliphatic carbocycles. The highest BCUT2D eigenvalue weighted by Gasteiger charge is 2.39. The molecule has 4 aromatic carbocycles. The van der Waals surface area contributed by atoms with E-state index in [1.165, 1.54) is 12.1 Å². The number of anilines is 2. The molecule has 23 heteroatoms. The highest BCUT2D eigenvalue weighted by molar-refractivity contribution is 5.92. The number of phenols is 1. The number of aromatic amines is 1. The van der Waals surface area contributed by atoms with Crippen LogP contribution in [0.15, 0.2) is 95.8 Å². The van der Waals surface area contributed by atoms with Gasteiger partial charge in [0, 0.05) is 81.9 Å². The van der Waals surface area contributed by atoms with Crippen molar-refractivity contribution in [2.45, 2.75) is 83.5 Å². The van der Waals surface area contributed by atoms with Crippen LogP contribution in [0.4, 0.5) is 42.5 Å². The third-order valence-corrected chi connectivity index (χ3v) is 11.6. The van der Waals surface area contributed by atoms with Gasteiger partial charge < -0.3 is 50.6 Å². The molecule has 1 aromatic heterocycles. The third-order valence-electron chi connectivity index (χ3n) is 11.6. The molecule has 400 valence electrons. The maximum Gasteiger partial charge on any atom is 0.490 e. The number of ether oxygens (including phenoxy) is 1. The number of likely N-dealkylation sites (tertiary alicyclic amines) is 1. The van der Waals surface area contributed by atoms with Gasteiger partial charge in [-0.3, -0.25) is 19.7 Å². The fourth-order valence-electron chi connectivity index (χ4n) is 7.62. The Morgan fingerprint density at radius 3 is 2.05 bits per heavy atom. The molecule has 1 atom stereocenters. The Hall–Kier alpha value is -7.50. The smallest absolute Gasteiger partial charge is 0.490 e. The fraction of sp³-hybridized carbons (Fsp3) is 0.373. The first-order valence-corrected chi connectivity index (χ1v) is 23.2. The average Bonchev–Trinajstić information content (AvgIpc) is 3.34. The highest BCUT2D eigenvalue weighted by Crippen LogP contribution is 2.30. The van der Waals surface area contributed by atoms with Crippen molar-refractivity contribution < 1.29 is 75.5 Å². The molecule has 0 bridgehead atoms. The molecular weight excluding hydrogens is 987 g/mol. The van der Waals surface area contributed by atoms with E-state index in [1.54, 1.807) is 24.1 Å². The van der Waals surface area contributed by atoms with E-state index in [0.717, 1.165) is 46.6 Å². The van der Waals surface area contributed by atoms with Crippen LogP contribution in [0.3, 0.4) is 0 Å². The summed E-state index contributed by atoms with van der Waals surface area (Å²) in [6.45, 7) is 7.38. The van der Waals surface area contributed by atoms with Gasteiger partial charge in [-0.25, -0.2) is 14.4 Å². The SMILES string of the molecule is Cc1cc(NC(=O)CCCCN(C)C(=O)CCN2CCC(OC(=O)Nc3ccccc3-c3ccccc3)CC2)c(C)cc1CNC[C@H](O)c1ccc(O)c2[nH]c(=O)ccc12.O=C(O)C(F)(F)F.O=C(O)C(F)(F)F. The first-order chi connectivity index (χ1) is 34.8. The molecule has 0 saturated carbocycles. The van der Waals surface area contributed by atoms with Crippen molar-refractivity contribution in [2.75, 3.05) is 50.4 Å². The first kappa shape index (κ1) is 59.1. The van der Waals surface area contributed by atoms with Gasteiger partial charge in [0.1, 0.15) is 11.9 Å². The Kier molecular flexibility index (Phi) is 22.0. The van der Waals surface area contributed by atoms with Crippen LogP contribution in [0.2, 0.25) is 0 Å². The van der Waals surface area contributed by atoms with Crippen LogP contribution in [0.1, 0.15) is 66.9 Å². The lowest BCUT2D eigenvalue weighted by atomic mass is 10.0. The van der Waals surface area contributed by atoms with E-state index in [2.05, 4.69) is 25.8 Å². The zero-order valence-corrected chi connectivity index (χ0v) is 40.6. The number of hydrogen-bond acceptors (Lipinski definition) is 11. The molecule has 2 heterocycles. The summed E-state index contributed by atoms with van der Waals surface area (Å²) in [4.78, 5) is 74.7. The number of carboxylic acid groups (broad SMARTS) is 2. The van der Waals surface area contributed by atoms with Crippen LogP contribution < -0.4 is 21.5 Å². The first-order valence-electron chi connectivity index (χ1n) is 23.2. The van der Waals surface area contributed by atoms with Crippen molar-refractivity contribution in [2.24, 2.45) is 0 Å². The number of halogens is 6. The van der Waals surface area contributed by atoms with E-state index >= 15 is 0 Å². The number of H-pyrrole nitrogens is 1. The van der Waals surface area contributed by atoms with Crippen molar-refractivity contribution in [1.29, 1.82) is 0 Å². The number of phenolic OH excluding ortho intramolecular Hbond substituents is 1. The number of amides is 3. The van der Waals surface area contributed by atoms with E-state index in [0.29, 0.717) is 80.3 Å². The number of carbonyl (C=O) groups excluding carboxylic acids is 3. The fourth-order valence-corrected chi connectivity index (χ4v) is 7.62.